The minimum atomic E-state index is 0.111. The van der Waals surface area contributed by atoms with Crippen molar-refractivity contribution in [1.29, 1.82) is 0 Å². The summed E-state index contributed by atoms with van der Waals surface area (Å²) in [7, 11) is 3.54. The lowest BCUT2D eigenvalue weighted by Gasteiger charge is -2.24. The normalized spacial score (nSPS) is 16.6. The van der Waals surface area contributed by atoms with Gasteiger partial charge in [-0.2, -0.15) is 0 Å². The van der Waals surface area contributed by atoms with Crippen molar-refractivity contribution in [2.75, 3.05) is 20.0 Å². The molecule has 0 atom stereocenters. The number of alkyl halides is 1. The number of likely N-dealkylation sites (N-methyl/N-ethyl adjacent to an activating group) is 1. The van der Waals surface area contributed by atoms with Crippen molar-refractivity contribution in [1.82, 2.24) is 5.32 Å². The fourth-order valence-electron chi connectivity index (χ4n) is 2.06. The molecule has 0 radical (unpaired) electrons. The Hall–Kier alpha value is -1.42. The van der Waals surface area contributed by atoms with E-state index >= 15 is 0 Å². The summed E-state index contributed by atoms with van der Waals surface area (Å²) in [5.41, 5.74) is 0.928. The van der Waals surface area contributed by atoms with Crippen LogP contribution in [0.4, 0.5) is 0 Å². The van der Waals surface area contributed by atoms with Crippen molar-refractivity contribution >= 4 is 17.9 Å². The Kier molecular flexibility index (Phi) is 12.4. The number of nitrogens with one attached hydrogen (secondary N) is 1. The minimum Gasteiger partial charge on any atom is -0.498 e. The van der Waals surface area contributed by atoms with Gasteiger partial charge in [0.25, 0.3) is 0 Å². The molecule has 0 heterocycles. The molecule has 1 aliphatic carbocycles. The topological polar surface area (TPSA) is 47.6 Å². The molecular formula is C17H28ClNO3. The Morgan fingerprint density at radius 3 is 2.36 bits per heavy atom. The Bertz CT molecular complexity index is 385. The van der Waals surface area contributed by atoms with E-state index in [1.165, 1.54) is 19.3 Å². The SMILES string of the molecule is C=C/C(=C\C(OC1CCCCC1)=C(/C)OC)NC.O=CCCl. The van der Waals surface area contributed by atoms with Gasteiger partial charge in [0.05, 0.1) is 19.1 Å². The van der Waals surface area contributed by atoms with Crippen molar-refractivity contribution < 1.29 is 14.3 Å². The first-order valence-corrected chi connectivity index (χ1v) is 8.09. The number of aldehydes is 1. The molecule has 1 rings (SSSR count). The molecule has 0 unspecified atom stereocenters. The third-order valence-corrected chi connectivity index (χ3v) is 3.48. The fraction of sp³-hybridized carbons (Fsp3) is 0.588. The zero-order valence-electron chi connectivity index (χ0n) is 13.9. The van der Waals surface area contributed by atoms with Gasteiger partial charge in [-0.05, 0) is 38.7 Å². The molecule has 0 amide bonds. The van der Waals surface area contributed by atoms with Gasteiger partial charge in [-0.3, -0.25) is 0 Å². The van der Waals surface area contributed by atoms with Crippen LogP contribution in [0.25, 0.3) is 0 Å². The smallest absolute Gasteiger partial charge is 0.159 e. The van der Waals surface area contributed by atoms with Gasteiger partial charge >= 0.3 is 0 Å². The van der Waals surface area contributed by atoms with Crippen molar-refractivity contribution in [3.8, 4) is 0 Å². The van der Waals surface area contributed by atoms with E-state index in [0.717, 1.165) is 30.1 Å². The predicted octanol–water partition coefficient (Wildman–Crippen LogP) is 3.93. The summed E-state index contributed by atoms with van der Waals surface area (Å²) in [6.07, 6.45) is 10.8. The number of hydrogen-bond acceptors (Lipinski definition) is 4. The first-order chi connectivity index (χ1) is 10.6. The molecule has 1 saturated carbocycles. The fourth-order valence-corrected chi connectivity index (χ4v) is 2.06. The minimum absolute atomic E-state index is 0.111. The van der Waals surface area contributed by atoms with Crippen LogP contribution in [0.3, 0.4) is 0 Å². The average molecular weight is 330 g/mol. The van der Waals surface area contributed by atoms with Crippen LogP contribution in [0.5, 0.6) is 0 Å². The number of halogens is 1. The van der Waals surface area contributed by atoms with Crippen molar-refractivity contribution in [3.05, 3.63) is 35.9 Å². The van der Waals surface area contributed by atoms with E-state index in [-0.39, 0.29) is 5.88 Å². The molecule has 0 aromatic carbocycles. The van der Waals surface area contributed by atoms with Crippen LogP contribution in [0, 0.1) is 0 Å². The highest BCUT2D eigenvalue weighted by Crippen LogP contribution is 2.24. The van der Waals surface area contributed by atoms with E-state index in [1.807, 2.05) is 20.0 Å². The Morgan fingerprint density at radius 1 is 1.36 bits per heavy atom. The highest BCUT2D eigenvalue weighted by molar-refractivity contribution is 6.24. The van der Waals surface area contributed by atoms with Crippen LogP contribution in [-0.4, -0.2) is 32.4 Å². The van der Waals surface area contributed by atoms with Crippen molar-refractivity contribution in [2.45, 2.75) is 45.1 Å². The standard InChI is InChI=1S/C15H25NO2.C2H3ClO/c1-5-13(16-3)11-15(12(2)17-4)18-14-9-7-6-8-10-14;3-1-2-4/h5,11,14,16H,1,6-10H2,2-4H3;2H,1H2/b13-11+,15-12-;. The highest BCUT2D eigenvalue weighted by Gasteiger charge is 2.16. The van der Waals surface area contributed by atoms with Crippen molar-refractivity contribution in [2.24, 2.45) is 0 Å². The molecule has 5 heteroatoms. The van der Waals surface area contributed by atoms with Gasteiger partial charge in [0.1, 0.15) is 12.0 Å². The van der Waals surface area contributed by atoms with Gasteiger partial charge in [0.2, 0.25) is 0 Å². The van der Waals surface area contributed by atoms with E-state index in [2.05, 4.69) is 11.9 Å². The molecule has 0 bridgehead atoms. The van der Waals surface area contributed by atoms with E-state index in [9.17, 15) is 0 Å². The van der Waals surface area contributed by atoms with Crippen LogP contribution in [0.15, 0.2) is 35.9 Å². The molecule has 126 valence electrons. The summed E-state index contributed by atoms with van der Waals surface area (Å²) in [6, 6.07) is 0. The molecule has 4 nitrogen and oxygen atoms in total. The molecule has 0 aromatic rings. The second-order valence-electron chi connectivity index (χ2n) is 4.88. The summed E-state index contributed by atoms with van der Waals surface area (Å²) >= 11 is 4.82. The van der Waals surface area contributed by atoms with Gasteiger partial charge in [-0.15, -0.1) is 11.6 Å². The van der Waals surface area contributed by atoms with Gasteiger partial charge in [-0.1, -0.05) is 13.0 Å². The molecule has 1 fully saturated rings. The highest BCUT2D eigenvalue weighted by atomic mass is 35.5. The lowest BCUT2D eigenvalue weighted by Crippen LogP contribution is -2.17. The molecule has 0 aliphatic heterocycles. The maximum Gasteiger partial charge on any atom is 0.159 e. The molecule has 0 saturated heterocycles. The average Bonchev–Trinajstić information content (AvgIpc) is 2.58. The van der Waals surface area contributed by atoms with Crippen LogP contribution in [0.1, 0.15) is 39.0 Å². The third kappa shape index (κ3) is 8.78. The first kappa shape index (κ1) is 20.6. The summed E-state index contributed by atoms with van der Waals surface area (Å²) in [4.78, 5) is 9.04. The van der Waals surface area contributed by atoms with E-state index in [0.29, 0.717) is 12.4 Å². The number of methoxy groups -OCH3 is 1. The summed E-state index contributed by atoms with van der Waals surface area (Å²) < 4.78 is 11.4. The summed E-state index contributed by atoms with van der Waals surface area (Å²) in [5.74, 6) is 1.71. The lowest BCUT2D eigenvalue weighted by atomic mass is 9.98. The molecule has 1 N–H and O–H groups in total. The van der Waals surface area contributed by atoms with Crippen LogP contribution < -0.4 is 5.32 Å². The molecule has 22 heavy (non-hydrogen) atoms. The Labute approximate surface area is 139 Å². The van der Waals surface area contributed by atoms with Crippen molar-refractivity contribution in [3.63, 3.8) is 0 Å². The lowest BCUT2D eigenvalue weighted by molar-refractivity contribution is -0.105. The van der Waals surface area contributed by atoms with Gasteiger partial charge in [-0.25, -0.2) is 0 Å². The zero-order valence-corrected chi connectivity index (χ0v) is 14.6. The van der Waals surface area contributed by atoms with E-state index in [4.69, 9.17) is 25.9 Å². The number of carbonyl (C=O) groups is 1. The molecule has 0 aromatic heterocycles. The Balaban J connectivity index is 0.000000980. The second kappa shape index (κ2) is 13.3. The summed E-state index contributed by atoms with van der Waals surface area (Å²) in [6.45, 7) is 5.69. The number of rotatable bonds is 7. The molecule has 0 spiro atoms. The molecular weight excluding hydrogens is 302 g/mol. The monoisotopic (exact) mass is 329 g/mol. The van der Waals surface area contributed by atoms with Crippen LogP contribution in [-0.2, 0) is 14.3 Å². The third-order valence-electron chi connectivity index (χ3n) is 3.36. The van der Waals surface area contributed by atoms with Crippen LogP contribution >= 0.6 is 11.6 Å². The maximum absolute atomic E-state index is 9.04. The predicted molar refractivity (Wildman–Crippen MR) is 91.8 cm³/mol. The summed E-state index contributed by atoms with van der Waals surface area (Å²) in [5, 5.41) is 3.07. The van der Waals surface area contributed by atoms with Crippen LogP contribution in [0.2, 0.25) is 0 Å². The Morgan fingerprint density at radius 2 is 1.95 bits per heavy atom. The maximum atomic E-state index is 9.04. The number of ether oxygens (including phenoxy) is 2. The number of carbonyl (C=O) groups excluding carboxylic acids is 1. The van der Waals surface area contributed by atoms with Gasteiger partial charge in [0, 0.05) is 18.8 Å². The van der Waals surface area contributed by atoms with E-state index < -0.39 is 0 Å². The quantitative estimate of drug-likeness (QED) is 0.333. The number of hydrogen-bond donors (Lipinski definition) is 1. The van der Waals surface area contributed by atoms with E-state index in [1.54, 1.807) is 13.2 Å². The molecule has 1 aliphatic rings. The second-order valence-corrected chi connectivity index (χ2v) is 5.19. The van der Waals surface area contributed by atoms with Gasteiger partial charge < -0.3 is 19.6 Å². The first-order valence-electron chi connectivity index (χ1n) is 7.55. The largest absolute Gasteiger partial charge is 0.498 e. The number of allylic oxidation sites excluding steroid dienone is 3. The zero-order chi connectivity index (χ0) is 16.8. The van der Waals surface area contributed by atoms with Gasteiger partial charge in [0.15, 0.2) is 5.76 Å².